The van der Waals surface area contributed by atoms with Crippen LogP contribution in [0.25, 0.3) is 0 Å². The summed E-state index contributed by atoms with van der Waals surface area (Å²) in [6.07, 6.45) is 0. The Hall–Kier alpha value is -1.77. The summed E-state index contributed by atoms with van der Waals surface area (Å²) >= 11 is 1.16. The zero-order valence-electron chi connectivity index (χ0n) is 13.7. The first-order chi connectivity index (χ1) is 10.8. The fraction of sp³-hybridized carbons (Fsp3) is 0.714. The van der Waals surface area contributed by atoms with Crippen molar-refractivity contribution in [3.63, 3.8) is 0 Å². The summed E-state index contributed by atoms with van der Waals surface area (Å²) in [4.78, 5) is 47.6. The van der Waals surface area contributed by atoms with Crippen molar-refractivity contribution in [2.45, 2.75) is 38.6 Å². The molecule has 0 aromatic rings. The zero-order valence-corrected chi connectivity index (χ0v) is 14.5. The molecule has 0 bridgehead atoms. The van der Waals surface area contributed by atoms with Gasteiger partial charge in [-0.2, -0.15) is 0 Å². The first-order valence-electron chi connectivity index (χ1n) is 7.32. The summed E-state index contributed by atoms with van der Waals surface area (Å²) in [6.45, 7) is 6.29. The van der Waals surface area contributed by atoms with Gasteiger partial charge < -0.3 is 19.7 Å². The summed E-state index contributed by atoms with van der Waals surface area (Å²) in [6, 6.07) is -0.846. The van der Waals surface area contributed by atoms with Crippen molar-refractivity contribution < 1.29 is 28.7 Å². The largest absolute Gasteiger partial charge is 0.465 e. The Morgan fingerprint density at radius 3 is 2.35 bits per heavy atom. The van der Waals surface area contributed by atoms with Gasteiger partial charge in [-0.3, -0.25) is 14.4 Å². The number of hydrogen-bond acceptors (Lipinski definition) is 7. The van der Waals surface area contributed by atoms with Gasteiger partial charge in [0.25, 0.3) is 0 Å². The highest BCUT2D eigenvalue weighted by Crippen LogP contribution is 2.40. The van der Waals surface area contributed by atoms with Gasteiger partial charge in [0.1, 0.15) is 12.6 Å². The molecule has 0 aromatic heterocycles. The lowest BCUT2D eigenvalue weighted by Crippen LogP contribution is -2.57. The third kappa shape index (κ3) is 4.37. The number of ether oxygens (including phenoxy) is 2. The van der Waals surface area contributed by atoms with Crippen molar-refractivity contribution in [3.05, 3.63) is 0 Å². The second kappa shape index (κ2) is 8.19. The minimum atomic E-state index is -1.26. The van der Waals surface area contributed by atoms with Crippen LogP contribution in [-0.4, -0.2) is 65.1 Å². The van der Waals surface area contributed by atoms with Crippen LogP contribution in [0.1, 0.15) is 27.7 Å². The number of carbonyl (C=O) groups excluding carboxylic acids is 4. The number of carbonyl (C=O) groups is 4. The minimum Gasteiger partial charge on any atom is -0.465 e. The van der Waals surface area contributed by atoms with Crippen LogP contribution in [0.15, 0.2) is 0 Å². The molecule has 2 atom stereocenters. The van der Waals surface area contributed by atoms with Gasteiger partial charge in [0.05, 0.1) is 13.2 Å². The van der Waals surface area contributed by atoms with Crippen LogP contribution in [0.3, 0.4) is 0 Å². The van der Waals surface area contributed by atoms with Gasteiger partial charge in [0, 0.05) is 12.7 Å². The molecule has 1 saturated heterocycles. The van der Waals surface area contributed by atoms with Crippen molar-refractivity contribution in [2.24, 2.45) is 0 Å². The van der Waals surface area contributed by atoms with Crippen LogP contribution < -0.4 is 5.32 Å². The van der Waals surface area contributed by atoms with Crippen LogP contribution in [0.5, 0.6) is 0 Å². The topological polar surface area (TPSA) is 102 Å². The van der Waals surface area contributed by atoms with E-state index in [1.54, 1.807) is 20.8 Å². The quantitative estimate of drug-likeness (QED) is 0.671. The van der Waals surface area contributed by atoms with E-state index >= 15 is 0 Å². The van der Waals surface area contributed by atoms with Gasteiger partial charge in [-0.25, -0.2) is 4.79 Å². The predicted molar refractivity (Wildman–Crippen MR) is 83.4 cm³/mol. The Morgan fingerprint density at radius 2 is 1.83 bits per heavy atom. The van der Waals surface area contributed by atoms with E-state index in [9.17, 15) is 19.2 Å². The van der Waals surface area contributed by atoms with Crippen molar-refractivity contribution in [3.8, 4) is 0 Å². The number of hydrogen-bond donors (Lipinski definition) is 1. The van der Waals surface area contributed by atoms with Gasteiger partial charge in [-0.05, 0) is 20.8 Å². The average molecular weight is 346 g/mol. The first-order valence-corrected chi connectivity index (χ1v) is 8.30. The standard InChI is InChI=1S/C14H22N2O6S/c1-5-21-11(18)7-15-12(19)10-8-23-14(4,13(20)22-6-2)16(10)9(3)17/h10H,5-8H2,1-4H3,(H,15,19). The Balaban J connectivity index is 2.83. The normalized spacial score (nSPS) is 23.3. The van der Waals surface area contributed by atoms with E-state index in [1.165, 1.54) is 11.8 Å². The van der Waals surface area contributed by atoms with E-state index in [0.717, 1.165) is 11.8 Å². The lowest BCUT2D eigenvalue weighted by Gasteiger charge is -2.33. The zero-order chi connectivity index (χ0) is 17.6. The van der Waals surface area contributed by atoms with Gasteiger partial charge in [-0.1, -0.05) is 0 Å². The molecule has 9 heteroatoms. The predicted octanol–water partition coefficient (Wildman–Crippen LogP) is -0.0911. The summed E-state index contributed by atoms with van der Waals surface area (Å²) in [5, 5.41) is 2.43. The number of rotatable bonds is 6. The minimum absolute atomic E-state index is 0.181. The smallest absolute Gasteiger partial charge is 0.342 e. The van der Waals surface area contributed by atoms with Crippen LogP contribution in [0.4, 0.5) is 0 Å². The maximum atomic E-state index is 12.3. The molecule has 1 N–H and O–H groups in total. The molecule has 130 valence electrons. The summed E-state index contributed by atoms with van der Waals surface area (Å²) in [5.41, 5.74) is 0. The third-order valence-electron chi connectivity index (χ3n) is 3.30. The van der Waals surface area contributed by atoms with Crippen LogP contribution in [0, 0.1) is 0 Å². The molecule has 0 spiro atoms. The van der Waals surface area contributed by atoms with Crippen LogP contribution in [-0.2, 0) is 28.7 Å². The number of thioether (sulfide) groups is 1. The average Bonchev–Trinajstić information content (AvgIpc) is 2.84. The van der Waals surface area contributed by atoms with Crippen molar-refractivity contribution in [1.29, 1.82) is 0 Å². The van der Waals surface area contributed by atoms with E-state index in [-0.39, 0.29) is 25.5 Å². The van der Waals surface area contributed by atoms with Gasteiger partial charge in [-0.15, -0.1) is 11.8 Å². The van der Waals surface area contributed by atoms with Gasteiger partial charge >= 0.3 is 11.9 Å². The SMILES string of the molecule is CCOC(=O)CNC(=O)C1CSC(C)(C(=O)OCC)N1C(C)=O. The van der Waals surface area contributed by atoms with Gasteiger partial charge in [0.15, 0.2) is 4.87 Å². The maximum Gasteiger partial charge on any atom is 0.342 e. The van der Waals surface area contributed by atoms with Crippen molar-refractivity contribution >= 4 is 35.5 Å². The Bertz CT molecular complexity index is 498. The number of nitrogens with zero attached hydrogens (tertiary/aromatic N) is 1. The van der Waals surface area contributed by atoms with Gasteiger partial charge in [0.2, 0.25) is 11.8 Å². The lowest BCUT2D eigenvalue weighted by molar-refractivity contribution is -0.158. The first kappa shape index (κ1) is 19.3. The third-order valence-corrected chi connectivity index (χ3v) is 4.71. The molecule has 1 aliphatic rings. The lowest BCUT2D eigenvalue weighted by atomic mass is 10.2. The van der Waals surface area contributed by atoms with Crippen molar-refractivity contribution in [2.75, 3.05) is 25.5 Å². The second-order valence-corrected chi connectivity index (χ2v) is 6.36. The number of nitrogens with one attached hydrogen (secondary N) is 1. The summed E-state index contributed by atoms with van der Waals surface area (Å²) in [7, 11) is 0. The van der Waals surface area contributed by atoms with Crippen LogP contribution >= 0.6 is 11.8 Å². The molecule has 1 aliphatic heterocycles. The molecule has 1 rings (SSSR count). The molecule has 8 nitrogen and oxygen atoms in total. The van der Waals surface area contributed by atoms with Crippen LogP contribution in [0.2, 0.25) is 0 Å². The molecule has 23 heavy (non-hydrogen) atoms. The fourth-order valence-corrected chi connectivity index (χ4v) is 3.66. The van der Waals surface area contributed by atoms with E-state index in [4.69, 9.17) is 9.47 Å². The molecule has 0 aliphatic carbocycles. The van der Waals surface area contributed by atoms with E-state index < -0.39 is 34.7 Å². The Labute approximate surface area is 139 Å². The number of amides is 2. The highest BCUT2D eigenvalue weighted by Gasteiger charge is 2.53. The molecule has 2 amide bonds. The Kier molecular flexibility index (Phi) is 6.86. The molecular weight excluding hydrogens is 324 g/mol. The second-order valence-electron chi connectivity index (χ2n) is 4.94. The highest BCUT2D eigenvalue weighted by atomic mass is 32.2. The van der Waals surface area contributed by atoms with E-state index in [1.807, 2.05) is 0 Å². The molecule has 0 saturated carbocycles. The monoisotopic (exact) mass is 346 g/mol. The maximum absolute atomic E-state index is 12.3. The fourth-order valence-electron chi connectivity index (χ4n) is 2.31. The molecule has 2 unspecified atom stereocenters. The molecule has 1 heterocycles. The molecule has 1 fully saturated rings. The molecular formula is C14H22N2O6S. The summed E-state index contributed by atoms with van der Waals surface area (Å²) in [5.74, 6) is -1.81. The highest BCUT2D eigenvalue weighted by molar-refractivity contribution is 8.01. The van der Waals surface area contributed by atoms with E-state index in [0.29, 0.717) is 0 Å². The van der Waals surface area contributed by atoms with Crippen molar-refractivity contribution in [1.82, 2.24) is 10.2 Å². The molecule has 0 radical (unpaired) electrons. The summed E-state index contributed by atoms with van der Waals surface area (Å²) < 4.78 is 9.73. The van der Waals surface area contributed by atoms with E-state index in [2.05, 4.69) is 5.32 Å². The Morgan fingerprint density at radius 1 is 1.22 bits per heavy atom. The number of esters is 2. The molecule has 0 aromatic carbocycles.